The summed E-state index contributed by atoms with van der Waals surface area (Å²) >= 11 is 0. The minimum atomic E-state index is 0.917. The van der Waals surface area contributed by atoms with Crippen LogP contribution in [0.15, 0.2) is 54.6 Å². The Morgan fingerprint density at radius 2 is 1.55 bits per heavy atom. The Balaban J connectivity index is 2.22. The van der Waals surface area contributed by atoms with Crippen molar-refractivity contribution in [1.82, 2.24) is 5.32 Å². The number of benzene rings is 2. The van der Waals surface area contributed by atoms with Crippen LogP contribution in [0.1, 0.15) is 25.3 Å². The van der Waals surface area contributed by atoms with Gasteiger partial charge in [0.05, 0.1) is 0 Å². The van der Waals surface area contributed by atoms with Gasteiger partial charge in [-0.05, 0) is 43.3 Å². The molecule has 0 unspecified atom stereocenters. The van der Waals surface area contributed by atoms with Gasteiger partial charge in [0.15, 0.2) is 0 Å². The minimum Gasteiger partial charge on any atom is -0.341 e. The number of nitrogens with zero attached hydrogens (tertiary/aromatic N) is 1. The van der Waals surface area contributed by atoms with Gasteiger partial charge < -0.3 is 10.2 Å². The van der Waals surface area contributed by atoms with Crippen LogP contribution in [-0.4, -0.2) is 13.6 Å². The predicted molar refractivity (Wildman–Crippen MR) is 87.6 cm³/mol. The molecule has 0 amide bonds. The zero-order valence-electron chi connectivity index (χ0n) is 12.5. The van der Waals surface area contributed by atoms with Crippen molar-refractivity contribution in [2.75, 3.05) is 18.5 Å². The molecular weight excluding hydrogens is 244 g/mol. The Morgan fingerprint density at radius 1 is 0.900 bits per heavy atom. The summed E-state index contributed by atoms with van der Waals surface area (Å²) in [5.41, 5.74) is 3.85. The van der Waals surface area contributed by atoms with Gasteiger partial charge in [0.2, 0.25) is 0 Å². The highest BCUT2D eigenvalue weighted by atomic mass is 15.1. The average molecular weight is 268 g/mol. The lowest BCUT2D eigenvalue weighted by Crippen LogP contribution is -2.18. The van der Waals surface area contributed by atoms with E-state index >= 15 is 0 Å². The smallest absolute Gasteiger partial charge is 0.0410 e. The van der Waals surface area contributed by atoms with E-state index in [0.717, 1.165) is 13.1 Å². The maximum atomic E-state index is 3.19. The summed E-state index contributed by atoms with van der Waals surface area (Å²) in [4.78, 5) is 2.40. The first kappa shape index (κ1) is 14.6. The van der Waals surface area contributed by atoms with E-state index in [1.165, 1.54) is 29.8 Å². The molecule has 0 saturated heterocycles. The molecule has 2 aromatic carbocycles. The molecule has 106 valence electrons. The number of unbranched alkanes of at least 4 members (excludes halogenated alkanes) is 1. The van der Waals surface area contributed by atoms with Gasteiger partial charge in [0.1, 0.15) is 0 Å². The monoisotopic (exact) mass is 268 g/mol. The molecule has 2 heteroatoms. The fraction of sp³-hybridized carbons (Fsp3) is 0.333. The van der Waals surface area contributed by atoms with Gasteiger partial charge >= 0.3 is 0 Å². The zero-order valence-corrected chi connectivity index (χ0v) is 12.5. The van der Waals surface area contributed by atoms with Crippen molar-refractivity contribution in [3.05, 3.63) is 60.2 Å². The fourth-order valence-electron chi connectivity index (χ4n) is 2.33. The van der Waals surface area contributed by atoms with E-state index in [1.807, 2.05) is 7.05 Å². The van der Waals surface area contributed by atoms with Crippen LogP contribution in [0.3, 0.4) is 0 Å². The van der Waals surface area contributed by atoms with Gasteiger partial charge in [-0.15, -0.1) is 0 Å². The Bertz CT molecular complexity index is 491. The fourth-order valence-corrected chi connectivity index (χ4v) is 2.33. The van der Waals surface area contributed by atoms with E-state index < -0.39 is 0 Å². The van der Waals surface area contributed by atoms with Crippen molar-refractivity contribution in [3.8, 4) is 0 Å². The van der Waals surface area contributed by atoms with Gasteiger partial charge in [-0.1, -0.05) is 43.7 Å². The molecule has 0 radical (unpaired) electrons. The van der Waals surface area contributed by atoms with Gasteiger partial charge in [-0.3, -0.25) is 0 Å². The summed E-state index contributed by atoms with van der Waals surface area (Å²) in [5, 5.41) is 3.19. The lowest BCUT2D eigenvalue weighted by molar-refractivity contribution is 0.784. The Morgan fingerprint density at radius 3 is 2.15 bits per heavy atom. The van der Waals surface area contributed by atoms with Crippen LogP contribution >= 0.6 is 0 Å². The van der Waals surface area contributed by atoms with Crippen LogP contribution in [0.4, 0.5) is 11.4 Å². The highest BCUT2D eigenvalue weighted by Crippen LogP contribution is 2.25. The van der Waals surface area contributed by atoms with Crippen molar-refractivity contribution in [2.24, 2.45) is 0 Å². The molecule has 0 spiro atoms. The van der Waals surface area contributed by atoms with E-state index in [0.29, 0.717) is 0 Å². The molecule has 0 aliphatic rings. The molecule has 2 aromatic rings. The summed E-state index contributed by atoms with van der Waals surface area (Å²) in [5.74, 6) is 0. The highest BCUT2D eigenvalue weighted by molar-refractivity contribution is 5.63. The highest BCUT2D eigenvalue weighted by Gasteiger charge is 2.08. The SMILES string of the molecule is CCCCN(c1ccccc1)c1ccc(CNC)cc1. The first-order chi connectivity index (χ1) is 9.85. The van der Waals surface area contributed by atoms with Crippen molar-refractivity contribution in [3.63, 3.8) is 0 Å². The number of rotatable bonds is 7. The molecule has 0 heterocycles. The third-order valence-corrected chi connectivity index (χ3v) is 3.43. The van der Waals surface area contributed by atoms with Crippen LogP contribution in [0, 0.1) is 0 Å². The molecule has 1 N–H and O–H groups in total. The van der Waals surface area contributed by atoms with Crippen LogP contribution in [0.5, 0.6) is 0 Å². The lowest BCUT2D eigenvalue weighted by atomic mass is 10.1. The molecular formula is C18H24N2. The zero-order chi connectivity index (χ0) is 14.2. The van der Waals surface area contributed by atoms with Crippen molar-refractivity contribution >= 4 is 11.4 Å². The number of anilines is 2. The lowest BCUT2D eigenvalue weighted by Gasteiger charge is -2.25. The van der Waals surface area contributed by atoms with Crippen LogP contribution in [0.25, 0.3) is 0 Å². The average Bonchev–Trinajstić information content (AvgIpc) is 2.51. The number of hydrogen-bond donors (Lipinski definition) is 1. The molecule has 20 heavy (non-hydrogen) atoms. The van der Waals surface area contributed by atoms with Crippen molar-refractivity contribution in [2.45, 2.75) is 26.3 Å². The maximum Gasteiger partial charge on any atom is 0.0410 e. The Hall–Kier alpha value is -1.80. The normalized spacial score (nSPS) is 10.5. The molecule has 0 bridgehead atoms. The molecule has 0 aromatic heterocycles. The van der Waals surface area contributed by atoms with Gasteiger partial charge in [0, 0.05) is 24.5 Å². The Kier molecular flexibility index (Phi) is 5.63. The molecule has 0 atom stereocenters. The van der Waals surface area contributed by atoms with E-state index in [2.05, 4.69) is 71.7 Å². The molecule has 2 rings (SSSR count). The third-order valence-electron chi connectivity index (χ3n) is 3.43. The topological polar surface area (TPSA) is 15.3 Å². The van der Waals surface area contributed by atoms with E-state index in [1.54, 1.807) is 0 Å². The van der Waals surface area contributed by atoms with Crippen LogP contribution < -0.4 is 10.2 Å². The second kappa shape index (κ2) is 7.71. The molecule has 0 aliphatic carbocycles. The van der Waals surface area contributed by atoms with E-state index in [-0.39, 0.29) is 0 Å². The van der Waals surface area contributed by atoms with E-state index in [4.69, 9.17) is 0 Å². The van der Waals surface area contributed by atoms with Gasteiger partial charge in [0.25, 0.3) is 0 Å². The molecule has 0 fully saturated rings. The van der Waals surface area contributed by atoms with Gasteiger partial charge in [-0.25, -0.2) is 0 Å². The second-order valence-corrected chi connectivity index (χ2v) is 5.04. The van der Waals surface area contributed by atoms with E-state index in [9.17, 15) is 0 Å². The van der Waals surface area contributed by atoms with Crippen LogP contribution in [0.2, 0.25) is 0 Å². The van der Waals surface area contributed by atoms with Crippen molar-refractivity contribution < 1.29 is 0 Å². The quantitative estimate of drug-likeness (QED) is 0.803. The molecule has 0 saturated carbocycles. The first-order valence-corrected chi connectivity index (χ1v) is 7.41. The minimum absolute atomic E-state index is 0.917. The second-order valence-electron chi connectivity index (χ2n) is 5.04. The summed E-state index contributed by atoms with van der Waals surface area (Å²) in [6.07, 6.45) is 2.41. The number of nitrogens with one attached hydrogen (secondary N) is 1. The summed E-state index contributed by atoms with van der Waals surface area (Å²) in [7, 11) is 1.98. The van der Waals surface area contributed by atoms with Gasteiger partial charge in [-0.2, -0.15) is 0 Å². The molecule has 0 aliphatic heterocycles. The summed E-state index contributed by atoms with van der Waals surface area (Å²) in [6.45, 7) is 4.21. The standard InChI is InChI=1S/C18H24N2/c1-3-4-14-20(17-8-6-5-7-9-17)18-12-10-16(11-13-18)15-19-2/h5-13,19H,3-4,14-15H2,1-2H3. The largest absolute Gasteiger partial charge is 0.341 e. The summed E-state index contributed by atoms with van der Waals surface area (Å²) in [6, 6.07) is 19.5. The summed E-state index contributed by atoms with van der Waals surface area (Å²) < 4.78 is 0. The third kappa shape index (κ3) is 3.84. The van der Waals surface area contributed by atoms with Crippen molar-refractivity contribution in [1.29, 1.82) is 0 Å². The Labute approximate surface area is 122 Å². The number of hydrogen-bond acceptors (Lipinski definition) is 2. The number of para-hydroxylation sites is 1. The maximum absolute atomic E-state index is 3.19. The van der Waals surface area contributed by atoms with Crippen LogP contribution in [-0.2, 0) is 6.54 Å². The first-order valence-electron chi connectivity index (χ1n) is 7.41. The predicted octanol–water partition coefficient (Wildman–Crippen LogP) is 4.34. The molecule has 2 nitrogen and oxygen atoms in total.